The van der Waals surface area contributed by atoms with Crippen LogP contribution in [0.15, 0.2) is 47.1 Å². The summed E-state index contributed by atoms with van der Waals surface area (Å²) in [6, 6.07) is 9.41. The number of hydrogen-bond acceptors (Lipinski definition) is 6. The van der Waals surface area contributed by atoms with E-state index in [2.05, 4.69) is 5.32 Å². The molecule has 3 aromatic rings. The maximum atomic E-state index is 12.3. The second-order valence-corrected chi connectivity index (χ2v) is 6.52. The van der Waals surface area contributed by atoms with Gasteiger partial charge in [-0.05, 0) is 37.3 Å². The summed E-state index contributed by atoms with van der Waals surface area (Å²) in [4.78, 5) is 24.6. The summed E-state index contributed by atoms with van der Waals surface area (Å²) in [5.74, 6) is -0.602. The molecule has 0 aliphatic heterocycles. The van der Waals surface area contributed by atoms with Crippen molar-refractivity contribution in [3.05, 3.63) is 53.2 Å². The third kappa shape index (κ3) is 4.37. The van der Waals surface area contributed by atoms with Gasteiger partial charge < -0.3 is 24.3 Å². The van der Waals surface area contributed by atoms with Crippen molar-refractivity contribution in [3.63, 3.8) is 0 Å². The van der Waals surface area contributed by atoms with Crippen LogP contribution in [-0.4, -0.2) is 30.2 Å². The predicted octanol–water partition coefficient (Wildman–Crippen LogP) is 3.91. The lowest BCUT2D eigenvalue weighted by Gasteiger charge is -2.15. The van der Waals surface area contributed by atoms with Crippen LogP contribution in [0.25, 0.3) is 11.0 Å². The van der Waals surface area contributed by atoms with Gasteiger partial charge in [-0.15, -0.1) is 0 Å². The van der Waals surface area contributed by atoms with Crippen molar-refractivity contribution < 1.29 is 28.6 Å². The number of aromatic hydroxyl groups is 1. The monoisotopic (exact) mass is 403 g/mol. The van der Waals surface area contributed by atoms with Crippen molar-refractivity contribution >= 4 is 40.1 Å². The first kappa shape index (κ1) is 19.6. The maximum Gasteiger partial charge on any atom is 0.311 e. The number of rotatable bonds is 6. The molecule has 1 amide bonds. The molecule has 0 aliphatic carbocycles. The molecule has 1 heterocycles. The molecule has 0 aliphatic rings. The Labute approximate surface area is 165 Å². The van der Waals surface area contributed by atoms with Gasteiger partial charge in [0.2, 0.25) is 0 Å². The second kappa shape index (κ2) is 8.22. The Morgan fingerprint density at radius 3 is 2.79 bits per heavy atom. The zero-order valence-corrected chi connectivity index (χ0v) is 15.9. The second-order valence-electron chi connectivity index (χ2n) is 6.08. The number of anilines is 1. The smallest absolute Gasteiger partial charge is 0.311 e. The third-order valence-corrected chi connectivity index (χ3v) is 4.31. The zero-order chi connectivity index (χ0) is 20.3. The number of nitrogens with one attached hydrogen (secondary N) is 1. The van der Waals surface area contributed by atoms with Crippen LogP contribution in [0, 0.1) is 0 Å². The van der Waals surface area contributed by atoms with E-state index < -0.39 is 18.0 Å². The molecule has 8 heteroatoms. The molecular formula is C20H18ClNO6. The summed E-state index contributed by atoms with van der Waals surface area (Å²) < 4.78 is 15.7. The Morgan fingerprint density at radius 1 is 1.25 bits per heavy atom. The highest BCUT2D eigenvalue weighted by Gasteiger charge is 2.21. The van der Waals surface area contributed by atoms with Gasteiger partial charge in [-0.3, -0.25) is 9.59 Å². The number of hydrogen-bond donors (Lipinski definition) is 2. The molecule has 7 nitrogen and oxygen atoms in total. The van der Waals surface area contributed by atoms with E-state index in [9.17, 15) is 14.7 Å². The molecule has 2 N–H and O–H groups in total. The molecule has 1 atom stereocenters. The zero-order valence-electron chi connectivity index (χ0n) is 15.2. The van der Waals surface area contributed by atoms with Crippen LogP contribution in [0.2, 0.25) is 5.02 Å². The fourth-order valence-electron chi connectivity index (χ4n) is 2.67. The van der Waals surface area contributed by atoms with E-state index in [0.717, 1.165) is 0 Å². The van der Waals surface area contributed by atoms with Gasteiger partial charge in [0.1, 0.15) is 17.1 Å². The van der Waals surface area contributed by atoms with E-state index in [1.807, 2.05) is 0 Å². The van der Waals surface area contributed by atoms with E-state index >= 15 is 0 Å². The highest BCUT2D eigenvalue weighted by Crippen LogP contribution is 2.28. The molecule has 3 rings (SSSR count). The quantitative estimate of drug-likeness (QED) is 0.605. The Kier molecular flexibility index (Phi) is 5.75. The summed E-state index contributed by atoms with van der Waals surface area (Å²) in [5.41, 5.74) is 1.44. The topological polar surface area (TPSA) is 98.0 Å². The van der Waals surface area contributed by atoms with Gasteiger partial charge in [-0.2, -0.15) is 0 Å². The number of carbonyl (C=O) groups excluding carboxylic acids is 2. The van der Waals surface area contributed by atoms with Crippen molar-refractivity contribution in [3.8, 4) is 11.5 Å². The van der Waals surface area contributed by atoms with Crippen LogP contribution in [0.4, 0.5) is 5.69 Å². The fourth-order valence-corrected chi connectivity index (χ4v) is 2.84. The molecule has 0 saturated heterocycles. The number of fused-ring (bicyclic) bond motifs is 1. The summed E-state index contributed by atoms with van der Waals surface area (Å²) in [5, 5.41) is 13.2. The number of furan rings is 1. The molecule has 0 spiro atoms. The molecule has 0 fully saturated rings. The molecule has 146 valence electrons. The first-order valence-corrected chi connectivity index (χ1v) is 8.78. The molecule has 0 saturated carbocycles. The van der Waals surface area contributed by atoms with Gasteiger partial charge in [0.15, 0.2) is 6.10 Å². The van der Waals surface area contributed by atoms with Crippen molar-refractivity contribution in [2.24, 2.45) is 0 Å². The summed E-state index contributed by atoms with van der Waals surface area (Å²) in [7, 11) is 1.47. The van der Waals surface area contributed by atoms with Crippen LogP contribution in [-0.2, 0) is 20.7 Å². The Balaban J connectivity index is 1.63. The van der Waals surface area contributed by atoms with Crippen molar-refractivity contribution in [2.75, 3.05) is 12.4 Å². The van der Waals surface area contributed by atoms with Crippen LogP contribution < -0.4 is 10.1 Å². The van der Waals surface area contributed by atoms with Gasteiger partial charge in [-0.25, -0.2) is 0 Å². The SMILES string of the molecule is COc1ccc(Cl)cc1NC(=O)[C@H](C)OC(=O)Cc1coc2cc(O)ccc12. The Bertz CT molecular complexity index is 1030. The average molecular weight is 404 g/mol. The molecular weight excluding hydrogens is 386 g/mol. The molecule has 0 radical (unpaired) electrons. The number of phenolic OH excluding ortho intramolecular Hbond substituents is 1. The van der Waals surface area contributed by atoms with Gasteiger partial charge in [-0.1, -0.05) is 11.6 Å². The number of ether oxygens (including phenoxy) is 2. The summed E-state index contributed by atoms with van der Waals surface area (Å²) in [6.07, 6.45) is 0.321. The lowest BCUT2D eigenvalue weighted by atomic mass is 10.1. The molecule has 28 heavy (non-hydrogen) atoms. The van der Waals surface area contributed by atoms with E-state index in [0.29, 0.717) is 33.0 Å². The predicted molar refractivity (Wildman–Crippen MR) is 104 cm³/mol. The van der Waals surface area contributed by atoms with Crippen LogP contribution >= 0.6 is 11.6 Å². The van der Waals surface area contributed by atoms with Crippen LogP contribution in [0.3, 0.4) is 0 Å². The average Bonchev–Trinajstić information content (AvgIpc) is 3.03. The normalized spacial score (nSPS) is 11.8. The van der Waals surface area contributed by atoms with Gasteiger partial charge >= 0.3 is 5.97 Å². The number of halogens is 1. The van der Waals surface area contributed by atoms with Gasteiger partial charge in [0.05, 0.1) is 25.5 Å². The van der Waals surface area contributed by atoms with Crippen molar-refractivity contribution in [2.45, 2.75) is 19.4 Å². The van der Waals surface area contributed by atoms with Gasteiger partial charge in [0.25, 0.3) is 5.91 Å². The van der Waals surface area contributed by atoms with Crippen molar-refractivity contribution in [1.29, 1.82) is 0 Å². The number of esters is 1. The molecule has 1 aromatic heterocycles. The highest BCUT2D eigenvalue weighted by atomic mass is 35.5. The minimum Gasteiger partial charge on any atom is -0.508 e. The number of methoxy groups -OCH3 is 1. The van der Waals surface area contributed by atoms with E-state index in [4.69, 9.17) is 25.5 Å². The first-order valence-electron chi connectivity index (χ1n) is 8.40. The summed E-state index contributed by atoms with van der Waals surface area (Å²) >= 11 is 5.94. The third-order valence-electron chi connectivity index (χ3n) is 4.07. The number of benzene rings is 2. The minimum atomic E-state index is -1.03. The number of phenols is 1. The molecule has 0 bridgehead atoms. The standard InChI is InChI=1S/C20H18ClNO6/c1-11(20(25)22-16-8-13(21)3-6-17(16)26-2)28-19(24)7-12-10-27-18-9-14(23)4-5-15(12)18/h3-6,8-11,23H,7H2,1-2H3,(H,22,25)/t11-/m0/s1. The largest absolute Gasteiger partial charge is 0.508 e. The van der Waals surface area contributed by atoms with Gasteiger partial charge in [0, 0.05) is 22.0 Å². The lowest BCUT2D eigenvalue weighted by molar-refractivity contribution is -0.152. The van der Waals surface area contributed by atoms with Crippen LogP contribution in [0.5, 0.6) is 11.5 Å². The van der Waals surface area contributed by atoms with E-state index in [1.165, 1.54) is 32.4 Å². The summed E-state index contributed by atoms with van der Waals surface area (Å²) in [6.45, 7) is 1.47. The maximum absolute atomic E-state index is 12.3. The van der Waals surface area contributed by atoms with Crippen molar-refractivity contribution in [1.82, 2.24) is 0 Å². The van der Waals surface area contributed by atoms with Crippen LogP contribution in [0.1, 0.15) is 12.5 Å². The Morgan fingerprint density at radius 2 is 2.04 bits per heavy atom. The van der Waals surface area contributed by atoms with E-state index in [1.54, 1.807) is 24.3 Å². The number of amides is 1. The van der Waals surface area contributed by atoms with E-state index in [-0.39, 0.29) is 12.2 Å². The Hall–Kier alpha value is -3.19. The highest BCUT2D eigenvalue weighted by molar-refractivity contribution is 6.31. The molecule has 2 aromatic carbocycles. The molecule has 0 unspecified atom stereocenters. The fraction of sp³-hybridized carbons (Fsp3) is 0.200. The first-order chi connectivity index (χ1) is 13.4. The number of carbonyl (C=O) groups is 2. The minimum absolute atomic E-state index is 0.0673. The lowest BCUT2D eigenvalue weighted by Crippen LogP contribution is -2.30.